The van der Waals surface area contributed by atoms with Crippen LogP contribution >= 0.6 is 0 Å². The smallest absolute Gasteiger partial charge is 0.251 e. The highest BCUT2D eigenvalue weighted by molar-refractivity contribution is 5.94. The van der Waals surface area contributed by atoms with E-state index in [0.29, 0.717) is 12.1 Å². The molecule has 3 rings (SSSR count). The molecule has 1 aromatic heterocycles. The summed E-state index contributed by atoms with van der Waals surface area (Å²) >= 11 is 0. The highest BCUT2D eigenvalue weighted by Crippen LogP contribution is 2.25. The minimum Gasteiger partial charge on any atom is -0.394 e. The van der Waals surface area contributed by atoms with Crippen LogP contribution in [0.25, 0.3) is 0 Å². The Morgan fingerprint density at radius 1 is 1.13 bits per heavy atom. The van der Waals surface area contributed by atoms with Gasteiger partial charge in [-0.2, -0.15) is 0 Å². The van der Waals surface area contributed by atoms with Gasteiger partial charge in [-0.1, -0.05) is 6.07 Å². The number of hydrogen-bond acceptors (Lipinski definition) is 7. The summed E-state index contributed by atoms with van der Waals surface area (Å²) in [6.07, 6.45) is 0.518. The molecule has 8 nitrogen and oxygen atoms in total. The molecule has 4 atom stereocenters. The second-order valence-electron chi connectivity index (χ2n) is 8.08. The maximum atomic E-state index is 12.6. The molecule has 3 N–H and O–H groups in total. The third-order valence-electron chi connectivity index (χ3n) is 5.71. The zero-order chi connectivity index (χ0) is 22.4. The highest BCUT2D eigenvalue weighted by Gasteiger charge is 2.45. The first-order chi connectivity index (χ1) is 14.9. The Bertz CT molecular complexity index is 831. The second-order valence-corrected chi connectivity index (χ2v) is 8.08. The predicted octanol–water partition coefficient (Wildman–Crippen LogP) is 0.541. The lowest BCUT2D eigenvalue weighted by Gasteiger charge is -2.30. The molecule has 0 unspecified atom stereocenters. The van der Waals surface area contributed by atoms with Gasteiger partial charge in [0.25, 0.3) is 5.91 Å². The number of carbonyl (C=O) groups excluding carboxylic acids is 1. The lowest BCUT2D eigenvalue weighted by molar-refractivity contribution is -0.0209. The maximum Gasteiger partial charge on any atom is 0.251 e. The number of pyridine rings is 1. The van der Waals surface area contributed by atoms with Gasteiger partial charge >= 0.3 is 0 Å². The fourth-order valence-electron chi connectivity index (χ4n) is 3.88. The van der Waals surface area contributed by atoms with Crippen LogP contribution in [0.4, 0.5) is 5.69 Å². The fraction of sp³-hybridized carbons (Fsp3) is 0.478. The van der Waals surface area contributed by atoms with Crippen molar-refractivity contribution in [1.82, 2.24) is 15.2 Å². The van der Waals surface area contributed by atoms with Gasteiger partial charge < -0.3 is 25.2 Å². The van der Waals surface area contributed by atoms with E-state index in [4.69, 9.17) is 4.74 Å². The molecule has 0 saturated carbocycles. The zero-order valence-electron chi connectivity index (χ0n) is 18.3. The third kappa shape index (κ3) is 5.80. The van der Waals surface area contributed by atoms with Crippen LogP contribution < -0.4 is 10.2 Å². The van der Waals surface area contributed by atoms with E-state index in [1.54, 1.807) is 18.3 Å². The minimum absolute atomic E-state index is 0.203. The van der Waals surface area contributed by atoms with Crippen molar-refractivity contribution in [3.8, 4) is 0 Å². The first kappa shape index (κ1) is 23.1. The van der Waals surface area contributed by atoms with E-state index in [-0.39, 0.29) is 25.1 Å². The minimum atomic E-state index is -0.847. The first-order valence-electron chi connectivity index (χ1n) is 10.5. The molecule has 2 aromatic rings. The molecule has 1 saturated heterocycles. The molecule has 8 heteroatoms. The monoisotopic (exact) mass is 428 g/mol. The summed E-state index contributed by atoms with van der Waals surface area (Å²) in [7, 11) is 5.80. The van der Waals surface area contributed by atoms with Crippen molar-refractivity contribution < 1.29 is 19.7 Å². The van der Waals surface area contributed by atoms with E-state index in [0.717, 1.165) is 17.8 Å². The number of amides is 1. The van der Waals surface area contributed by atoms with Gasteiger partial charge in [-0.15, -0.1) is 0 Å². The molecule has 0 bridgehead atoms. The summed E-state index contributed by atoms with van der Waals surface area (Å²) < 4.78 is 5.87. The number of rotatable bonds is 9. The maximum absolute atomic E-state index is 12.6. The van der Waals surface area contributed by atoms with Gasteiger partial charge in [0.1, 0.15) is 12.2 Å². The Balaban J connectivity index is 1.61. The number of aromatic nitrogens is 1. The summed E-state index contributed by atoms with van der Waals surface area (Å²) in [5.74, 6) is -0.203. The number of nitrogens with one attached hydrogen (secondary N) is 1. The van der Waals surface area contributed by atoms with Crippen molar-refractivity contribution >= 4 is 11.6 Å². The summed E-state index contributed by atoms with van der Waals surface area (Å²) in [5, 5.41) is 23.2. The number of aliphatic hydroxyl groups excluding tert-OH is 2. The number of hydrogen-bond donors (Lipinski definition) is 3. The molecule has 1 aromatic carbocycles. The van der Waals surface area contributed by atoms with Gasteiger partial charge in [0.2, 0.25) is 0 Å². The number of aliphatic hydroxyl groups is 2. The number of carbonyl (C=O) groups is 1. The SMILES string of the molecule is CN(C)c1ccc(C(=O)NC[C@@H]2O[C@@H](CO)[C@@H](O)[C@H]2N(C)CCc2ccccn2)cc1. The van der Waals surface area contributed by atoms with E-state index in [1.165, 1.54) is 0 Å². The van der Waals surface area contributed by atoms with E-state index < -0.39 is 18.3 Å². The molecule has 1 aliphatic heterocycles. The highest BCUT2D eigenvalue weighted by atomic mass is 16.5. The quantitative estimate of drug-likeness (QED) is 0.536. The molecule has 1 aliphatic rings. The Morgan fingerprint density at radius 3 is 2.48 bits per heavy atom. The van der Waals surface area contributed by atoms with Gasteiger partial charge in [-0.05, 0) is 43.4 Å². The topological polar surface area (TPSA) is 98.2 Å². The first-order valence-corrected chi connectivity index (χ1v) is 10.5. The van der Waals surface area contributed by atoms with E-state index in [1.807, 2.05) is 61.3 Å². The molecule has 168 valence electrons. The third-order valence-corrected chi connectivity index (χ3v) is 5.71. The molecule has 0 spiro atoms. The molecular weight excluding hydrogens is 396 g/mol. The van der Waals surface area contributed by atoms with Gasteiger partial charge in [0.05, 0.1) is 18.8 Å². The lowest BCUT2D eigenvalue weighted by Crippen LogP contribution is -2.50. The molecule has 2 heterocycles. The van der Waals surface area contributed by atoms with E-state index in [9.17, 15) is 15.0 Å². The van der Waals surface area contributed by atoms with Crippen molar-refractivity contribution in [2.75, 3.05) is 45.7 Å². The molecule has 31 heavy (non-hydrogen) atoms. The number of likely N-dealkylation sites (N-methyl/N-ethyl adjacent to an activating group) is 1. The van der Waals surface area contributed by atoms with Crippen molar-refractivity contribution in [2.45, 2.75) is 30.8 Å². The fourth-order valence-corrected chi connectivity index (χ4v) is 3.88. The normalized spacial score (nSPS) is 23.2. The van der Waals surface area contributed by atoms with Gasteiger partial charge in [-0.25, -0.2) is 0 Å². The largest absolute Gasteiger partial charge is 0.394 e. The van der Waals surface area contributed by atoms with Crippen molar-refractivity contribution in [1.29, 1.82) is 0 Å². The standard InChI is InChI=1S/C23H32N4O4/c1-26(2)18-9-7-16(8-10-18)23(30)25-14-19-21(22(29)20(15-28)31-19)27(3)13-11-17-6-4-5-12-24-17/h4-10,12,19-22,28-29H,11,13-15H2,1-3H3,(H,25,30)/t19-,20-,21-,22+/m0/s1. The van der Waals surface area contributed by atoms with E-state index in [2.05, 4.69) is 10.3 Å². The molecule has 0 radical (unpaired) electrons. The summed E-state index contributed by atoms with van der Waals surface area (Å²) in [5.41, 5.74) is 2.54. The van der Waals surface area contributed by atoms with Crippen LogP contribution in [-0.2, 0) is 11.2 Å². The van der Waals surface area contributed by atoms with Crippen molar-refractivity contribution in [2.24, 2.45) is 0 Å². The Labute approximate surface area is 183 Å². The van der Waals surface area contributed by atoms with Crippen LogP contribution in [0.5, 0.6) is 0 Å². The number of nitrogens with zero attached hydrogens (tertiary/aromatic N) is 3. The molecule has 1 amide bonds. The second kappa shape index (κ2) is 10.7. The van der Waals surface area contributed by atoms with Gasteiger partial charge in [0, 0.05) is 56.7 Å². The number of anilines is 1. The average molecular weight is 429 g/mol. The van der Waals surface area contributed by atoms with Crippen LogP contribution in [0.2, 0.25) is 0 Å². The molecule has 1 fully saturated rings. The summed E-state index contributed by atoms with van der Waals surface area (Å²) in [6, 6.07) is 12.8. The zero-order valence-corrected chi connectivity index (χ0v) is 18.3. The Morgan fingerprint density at radius 2 is 1.87 bits per heavy atom. The number of ether oxygens (including phenoxy) is 1. The van der Waals surface area contributed by atoms with Gasteiger partial charge in [-0.3, -0.25) is 14.7 Å². The van der Waals surface area contributed by atoms with Crippen LogP contribution in [0.15, 0.2) is 48.7 Å². The summed E-state index contributed by atoms with van der Waals surface area (Å²) in [4.78, 5) is 20.9. The van der Waals surface area contributed by atoms with Crippen LogP contribution in [0.3, 0.4) is 0 Å². The molecular formula is C23H32N4O4. The van der Waals surface area contributed by atoms with E-state index >= 15 is 0 Å². The Hall–Kier alpha value is -2.52. The lowest BCUT2D eigenvalue weighted by atomic mass is 10.0. The van der Waals surface area contributed by atoms with Crippen molar-refractivity contribution in [3.63, 3.8) is 0 Å². The van der Waals surface area contributed by atoms with Crippen LogP contribution in [0.1, 0.15) is 16.1 Å². The average Bonchev–Trinajstić information content (AvgIpc) is 3.11. The summed E-state index contributed by atoms with van der Waals surface area (Å²) in [6.45, 7) is 0.624. The van der Waals surface area contributed by atoms with Crippen molar-refractivity contribution in [3.05, 3.63) is 59.9 Å². The van der Waals surface area contributed by atoms with Crippen LogP contribution in [0, 0.1) is 0 Å². The van der Waals surface area contributed by atoms with Crippen LogP contribution in [-0.4, -0.2) is 91.2 Å². The Kier molecular flexibility index (Phi) is 7.97. The molecule has 0 aliphatic carbocycles. The number of benzene rings is 1. The van der Waals surface area contributed by atoms with Gasteiger partial charge in [0.15, 0.2) is 0 Å². The predicted molar refractivity (Wildman–Crippen MR) is 119 cm³/mol.